The number of nitrogens with zero attached hydrogens (tertiary/aromatic N) is 2. The van der Waals surface area contributed by atoms with Gasteiger partial charge in [0, 0.05) is 19.8 Å². The molecule has 0 atom stereocenters. The van der Waals surface area contributed by atoms with E-state index in [1.807, 2.05) is 31.2 Å². The van der Waals surface area contributed by atoms with Crippen LogP contribution in [0, 0.1) is 18.7 Å². The van der Waals surface area contributed by atoms with Gasteiger partial charge in [0.25, 0.3) is 5.91 Å². The van der Waals surface area contributed by atoms with E-state index in [0.29, 0.717) is 6.54 Å². The standard InChI is InChI=1S/C15H14F2N2O/c1-10-3-5-11(6-4-10)9-19(2)15(20)12-7-8-18-14(17)13(12)16/h3-8H,9H2,1-2H3. The molecule has 0 radical (unpaired) electrons. The first-order valence-corrected chi connectivity index (χ1v) is 6.10. The molecule has 2 aromatic rings. The molecule has 1 amide bonds. The van der Waals surface area contributed by atoms with Crippen LogP contribution in [0.4, 0.5) is 8.78 Å². The molecule has 3 nitrogen and oxygen atoms in total. The topological polar surface area (TPSA) is 33.2 Å². The highest BCUT2D eigenvalue weighted by Crippen LogP contribution is 2.13. The number of carbonyl (C=O) groups excluding carboxylic acids is 1. The van der Waals surface area contributed by atoms with Gasteiger partial charge in [-0.2, -0.15) is 4.39 Å². The number of benzene rings is 1. The lowest BCUT2D eigenvalue weighted by Crippen LogP contribution is -2.27. The highest BCUT2D eigenvalue weighted by molar-refractivity contribution is 5.94. The second-order valence-electron chi connectivity index (χ2n) is 4.61. The summed E-state index contributed by atoms with van der Waals surface area (Å²) in [4.78, 5) is 16.6. The molecule has 0 unspecified atom stereocenters. The number of pyridine rings is 1. The normalized spacial score (nSPS) is 10.4. The quantitative estimate of drug-likeness (QED) is 0.808. The van der Waals surface area contributed by atoms with E-state index in [-0.39, 0.29) is 5.56 Å². The minimum Gasteiger partial charge on any atom is -0.337 e. The van der Waals surface area contributed by atoms with Gasteiger partial charge in [0.2, 0.25) is 5.95 Å². The molecule has 104 valence electrons. The predicted octanol–water partition coefficient (Wildman–Crippen LogP) is 2.94. The van der Waals surface area contributed by atoms with E-state index in [1.54, 1.807) is 7.05 Å². The fourth-order valence-electron chi connectivity index (χ4n) is 1.83. The van der Waals surface area contributed by atoms with Gasteiger partial charge in [0.05, 0.1) is 5.56 Å². The summed E-state index contributed by atoms with van der Waals surface area (Å²) >= 11 is 0. The lowest BCUT2D eigenvalue weighted by atomic mass is 10.1. The van der Waals surface area contributed by atoms with Gasteiger partial charge in [-0.15, -0.1) is 0 Å². The summed E-state index contributed by atoms with van der Waals surface area (Å²) in [7, 11) is 1.54. The van der Waals surface area contributed by atoms with Gasteiger partial charge in [-0.05, 0) is 18.6 Å². The monoisotopic (exact) mass is 276 g/mol. The van der Waals surface area contributed by atoms with Crippen molar-refractivity contribution in [3.63, 3.8) is 0 Å². The Kier molecular flexibility index (Phi) is 4.08. The van der Waals surface area contributed by atoms with E-state index >= 15 is 0 Å². The maximum atomic E-state index is 13.5. The Hall–Kier alpha value is -2.30. The molecule has 1 aromatic carbocycles. The van der Waals surface area contributed by atoms with E-state index in [2.05, 4.69) is 4.98 Å². The van der Waals surface area contributed by atoms with E-state index in [9.17, 15) is 13.6 Å². The summed E-state index contributed by atoms with van der Waals surface area (Å²) in [5.41, 5.74) is 1.72. The molecule has 0 saturated heterocycles. The van der Waals surface area contributed by atoms with Crippen molar-refractivity contribution in [1.82, 2.24) is 9.88 Å². The molecular formula is C15H14F2N2O. The third kappa shape index (κ3) is 2.99. The second-order valence-corrected chi connectivity index (χ2v) is 4.61. The third-order valence-electron chi connectivity index (χ3n) is 2.96. The lowest BCUT2D eigenvalue weighted by molar-refractivity contribution is 0.0779. The third-order valence-corrected chi connectivity index (χ3v) is 2.96. The Morgan fingerprint density at radius 3 is 2.50 bits per heavy atom. The van der Waals surface area contributed by atoms with Crippen molar-refractivity contribution >= 4 is 5.91 Å². The van der Waals surface area contributed by atoms with Crippen molar-refractivity contribution in [2.45, 2.75) is 13.5 Å². The van der Waals surface area contributed by atoms with Crippen molar-refractivity contribution in [3.05, 3.63) is 65.0 Å². The summed E-state index contributed by atoms with van der Waals surface area (Å²) in [6.45, 7) is 2.29. The number of amides is 1. The van der Waals surface area contributed by atoms with Crippen LogP contribution in [0.5, 0.6) is 0 Å². The van der Waals surface area contributed by atoms with Gasteiger partial charge < -0.3 is 4.90 Å². The van der Waals surface area contributed by atoms with E-state index < -0.39 is 17.7 Å². The van der Waals surface area contributed by atoms with Crippen LogP contribution in [0.3, 0.4) is 0 Å². The zero-order valence-corrected chi connectivity index (χ0v) is 11.2. The van der Waals surface area contributed by atoms with Crippen molar-refractivity contribution in [1.29, 1.82) is 0 Å². The van der Waals surface area contributed by atoms with E-state index in [4.69, 9.17) is 0 Å². The van der Waals surface area contributed by atoms with Crippen LogP contribution in [0.1, 0.15) is 21.5 Å². The van der Waals surface area contributed by atoms with Gasteiger partial charge in [0.15, 0.2) is 5.82 Å². The number of aromatic nitrogens is 1. The minimum absolute atomic E-state index is 0.313. The van der Waals surface area contributed by atoms with E-state index in [1.165, 1.54) is 11.0 Å². The Labute approximate surface area is 115 Å². The highest BCUT2D eigenvalue weighted by Gasteiger charge is 2.19. The SMILES string of the molecule is Cc1ccc(CN(C)C(=O)c2ccnc(F)c2F)cc1. The molecule has 0 aliphatic carbocycles. The van der Waals surface area contributed by atoms with Gasteiger partial charge in [-0.25, -0.2) is 9.37 Å². The van der Waals surface area contributed by atoms with E-state index in [0.717, 1.165) is 17.3 Å². The summed E-state index contributed by atoms with van der Waals surface area (Å²) in [5.74, 6) is -3.06. The highest BCUT2D eigenvalue weighted by atomic mass is 19.2. The van der Waals surface area contributed by atoms with Gasteiger partial charge in [0.1, 0.15) is 0 Å². The summed E-state index contributed by atoms with van der Waals surface area (Å²) in [6.07, 6.45) is 1.07. The summed E-state index contributed by atoms with van der Waals surface area (Å²) in [5, 5.41) is 0. The number of halogens is 2. The lowest BCUT2D eigenvalue weighted by Gasteiger charge is -2.17. The Morgan fingerprint density at radius 1 is 1.20 bits per heavy atom. The molecule has 0 bridgehead atoms. The minimum atomic E-state index is -1.26. The van der Waals surface area contributed by atoms with Crippen LogP contribution in [0.2, 0.25) is 0 Å². The zero-order valence-electron chi connectivity index (χ0n) is 11.2. The molecule has 0 aliphatic rings. The van der Waals surface area contributed by atoms with Crippen molar-refractivity contribution in [3.8, 4) is 0 Å². The Morgan fingerprint density at radius 2 is 1.85 bits per heavy atom. The molecule has 1 aromatic heterocycles. The second kappa shape index (κ2) is 5.77. The average molecular weight is 276 g/mol. The molecule has 5 heteroatoms. The fraction of sp³-hybridized carbons (Fsp3) is 0.200. The Bertz CT molecular complexity index is 626. The van der Waals surface area contributed by atoms with Crippen molar-refractivity contribution < 1.29 is 13.6 Å². The Balaban J connectivity index is 2.16. The maximum absolute atomic E-state index is 13.5. The number of aryl methyl sites for hydroxylation is 1. The molecule has 0 fully saturated rings. The van der Waals surface area contributed by atoms with Crippen LogP contribution in [-0.4, -0.2) is 22.8 Å². The molecule has 2 rings (SSSR count). The predicted molar refractivity (Wildman–Crippen MR) is 71.1 cm³/mol. The van der Waals surface area contributed by atoms with Crippen LogP contribution < -0.4 is 0 Å². The largest absolute Gasteiger partial charge is 0.337 e. The number of hydrogen-bond acceptors (Lipinski definition) is 2. The number of carbonyl (C=O) groups is 1. The number of rotatable bonds is 3. The first kappa shape index (κ1) is 14.1. The number of hydrogen-bond donors (Lipinski definition) is 0. The van der Waals surface area contributed by atoms with Crippen LogP contribution in [0.15, 0.2) is 36.5 Å². The van der Waals surface area contributed by atoms with Crippen LogP contribution in [-0.2, 0) is 6.54 Å². The summed E-state index contributed by atoms with van der Waals surface area (Å²) < 4.78 is 26.5. The molecule has 20 heavy (non-hydrogen) atoms. The smallest absolute Gasteiger partial charge is 0.257 e. The zero-order chi connectivity index (χ0) is 14.7. The molecule has 1 heterocycles. The fourth-order valence-corrected chi connectivity index (χ4v) is 1.83. The molecule has 0 spiro atoms. The maximum Gasteiger partial charge on any atom is 0.257 e. The first-order valence-electron chi connectivity index (χ1n) is 6.10. The molecule has 0 N–H and O–H groups in total. The van der Waals surface area contributed by atoms with Gasteiger partial charge >= 0.3 is 0 Å². The average Bonchev–Trinajstić information content (AvgIpc) is 2.43. The summed E-state index contributed by atoms with van der Waals surface area (Å²) in [6, 6.07) is 8.82. The molecular weight excluding hydrogens is 262 g/mol. The van der Waals surface area contributed by atoms with Crippen LogP contribution in [0.25, 0.3) is 0 Å². The first-order chi connectivity index (χ1) is 9.49. The van der Waals surface area contributed by atoms with Crippen LogP contribution >= 0.6 is 0 Å². The van der Waals surface area contributed by atoms with Crippen molar-refractivity contribution in [2.75, 3.05) is 7.05 Å². The van der Waals surface area contributed by atoms with Crippen molar-refractivity contribution in [2.24, 2.45) is 0 Å². The van der Waals surface area contributed by atoms with Gasteiger partial charge in [-0.3, -0.25) is 4.79 Å². The molecule has 0 aliphatic heterocycles. The molecule has 0 saturated carbocycles. The van der Waals surface area contributed by atoms with Gasteiger partial charge in [-0.1, -0.05) is 29.8 Å².